The predicted octanol–water partition coefficient (Wildman–Crippen LogP) is 2.41. The highest BCUT2D eigenvalue weighted by atomic mass is 16.5. The van der Waals surface area contributed by atoms with E-state index < -0.39 is 6.10 Å². The first kappa shape index (κ1) is 14.8. The molecule has 0 heterocycles. The molecule has 0 saturated heterocycles. The van der Waals surface area contributed by atoms with Crippen molar-refractivity contribution in [1.29, 1.82) is 0 Å². The quantitative estimate of drug-likeness (QED) is 0.847. The lowest BCUT2D eigenvalue weighted by Crippen LogP contribution is -2.26. The lowest BCUT2D eigenvalue weighted by atomic mass is 9.96. The summed E-state index contributed by atoms with van der Waals surface area (Å²) in [5.74, 6) is 1.47. The van der Waals surface area contributed by atoms with Gasteiger partial charge in [0, 0.05) is 7.11 Å². The molecule has 0 aliphatic rings. The van der Waals surface area contributed by atoms with E-state index in [0.717, 1.165) is 5.56 Å². The molecule has 2 unspecified atom stereocenters. The van der Waals surface area contributed by atoms with Crippen LogP contribution < -0.4 is 9.47 Å². The molecule has 0 aliphatic heterocycles. The third-order valence-corrected chi connectivity index (χ3v) is 2.99. The SMILES string of the molecule is COc1ccc(C(O)C(OC)C(C)C)cc1OC. The minimum Gasteiger partial charge on any atom is -0.493 e. The summed E-state index contributed by atoms with van der Waals surface area (Å²) in [6.07, 6.45) is -0.932. The van der Waals surface area contributed by atoms with E-state index in [2.05, 4.69) is 0 Å². The van der Waals surface area contributed by atoms with E-state index >= 15 is 0 Å². The van der Waals surface area contributed by atoms with Crippen LogP contribution in [0, 0.1) is 5.92 Å². The van der Waals surface area contributed by atoms with Crippen LogP contribution in [0.3, 0.4) is 0 Å². The van der Waals surface area contributed by atoms with Gasteiger partial charge in [0.25, 0.3) is 0 Å². The van der Waals surface area contributed by atoms with Crippen LogP contribution in [0.4, 0.5) is 0 Å². The fourth-order valence-corrected chi connectivity index (χ4v) is 1.99. The molecule has 0 radical (unpaired) electrons. The predicted molar refractivity (Wildman–Crippen MR) is 70.1 cm³/mol. The molecule has 2 atom stereocenters. The van der Waals surface area contributed by atoms with E-state index in [1.165, 1.54) is 0 Å². The summed E-state index contributed by atoms with van der Waals surface area (Å²) in [7, 11) is 4.76. The van der Waals surface area contributed by atoms with Crippen LogP contribution in [0.2, 0.25) is 0 Å². The van der Waals surface area contributed by atoms with Crippen molar-refractivity contribution in [2.24, 2.45) is 5.92 Å². The Balaban J connectivity index is 3.02. The Hall–Kier alpha value is -1.26. The van der Waals surface area contributed by atoms with E-state index in [1.807, 2.05) is 19.9 Å². The van der Waals surface area contributed by atoms with Crippen LogP contribution in [0.1, 0.15) is 25.5 Å². The number of aliphatic hydroxyl groups excluding tert-OH is 1. The summed E-state index contributed by atoms with van der Waals surface area (Å²) in [5.41, 5.74) is 0.758. The highest BCUT2D eigenvalue weighted by Crippen LogP contribution is 2.32. The van der Waals surface area contributed by atoms with Crippen LogP contribution in [0.25, 0.3) is 0 Å². The van der Waals surface area contributed by atoms with E-state index in [-0.39, 0.29) is 12.0 Å². The number of hydrogen-bond donors (Lipinski definition) is 1. The van der Waals surface area contributed by atoms with Crippen molar-refractivity contribution in [3.05, 3.63) is 23.8 Å². The highest BCUT2D eigenvalue weighted by Gasteiger charge is 2.24. The highest BCUT2D eigenvalue weighted by molar-refractivity contribution is 5.43. The van der Waals surface area contributed by atoms with Crippen LogP contribution >= 0.6 is 0 Å². The Morgan fingerprint density at radius 2 is 1.61 bits per heavy atom. The van der Waals surface area contributed by atoms with Crippen LogP contribution in [-0.2, 0) is 4.74 Å². The molecular formula is C14H22O4. The zero-order valence-corrected chi connectivity index (χ0v) is 11.6. The molecule has 1 aromatic rings. The molecule has 18 heavy (non-hydrogen) atoms. The second kappa shape index (κ2) is 6.61. The first-order chi connectivity index (χ1) is 8.54. The second-order valence-electron chi connectivity index (χ2n) is 4.50. The fourth-order valence-electron chi connectivity index (χ4n) is 1.99. The summed E-state index contributed by atoms with van der Waals surface area (Å²) in [6.45, 7) is 4.02. The fraction of sp³-hybridized carbons (Fsp3) is 0.571. The first-order valence-corrected chi connectivity index (χ1v) is 5.97. The number of benzene rings is 1. The van der Waals surface area contributed by atoms with Gasteiger partial charge in [-0.15, -0.1) is 0 Å². The second-order valence-corrected chi connectivity index (χ2v) is 4.50. The van der Waals surface area contributed by atoms with Gasteiger partial charge in [0.05, 0.1) is 20.3 Å². The largest absolute Gasteiger partial charge is 0.493 e. The van der Waals surface area contributed by atoms with Crippen molar-refractivity contribution >= 4 is 0 Å². The molecule has 4 heteroatoms. The van der Waals surface area contributed by atoms with Gasteiger partial charge in [-0.1, -0.05) is 19.9 Å². The molecule has 1 N–H and O–H groups in total. The van der Waals surface area contributed by atoms with Crippen molar-refractivity contribution in [3.8, 4) is 11.5 Å². The van der Waals surface area contributed by atoms with Gasteiger partial charge in [-0.05, 0) is 23.6 Å². The molecular weight excluding hydrogens is 232 g/mol. The monoisotopic (exact) mass is 254 g/mol. The molecule has 1 rings (SSSR count). The third-order valence-electron chi connectivity index (χ3n) is 2.99. The standard InChI is InChI=1S/C14H22O4/c1-9(2)14(18-5)13(15)10-6-7-11(16-3)12(8-10)17-4/h6-9,13-15H,1-5H3. The molecule has 0 saturated carbocycles. The summed E-state index contributed by atoms with van der Waals surface area (Å²) in [5, 5.41) is 10.3. The maximum Gasteiger partial charge on any atom is 0.161 e. The molecule has 0 fully saturated rings. The molecule has 102 valence electrons. The van der Waals surface area contributed by atoms with E-state index in [1.54, 1.807) is 33.5 Å². The summed E-state index contributed by atoms with van der Waals surface area (Å²) in [4.78, 5) is 0. The van der Waals surface area contributed by atoms with Crippen LogP contribution in [0.15, 0.2) is 18.2 Å². The molecule has 0 spiro atoms. The van der Waals surface area contributed by atoms with Gasteiger partial charge in [-0.2, -0.15) is 0 Å². The van der Waals surface area contributed by atoms with Gasteiger partial charge in [-0.3, -0.25) is 0 Å². The smallest absolute Gasteiger partial charge is 0.161 e. The van der Waals surface area contributed by atoms with Gasteiger partial charge in [0.15, 0.2) is 11.5 Å². The van der Waals surface area contributed by atoms with Gasteiger partial charge < -0.3 is 19.3 Å². The third kappa shape index (κ3) is 3.15. The summed E-state index contributed by atoms with van der Waals surface area (Å²) >= 11 is 0. The number of hydrogen-bond acceptors (Lipinski definition) is 4. The Morgan fingerprint density at radius 3 is 2.06 bits per heavy atom. The Kier molecular flexibility index (Phi) is 5.44. The molecule has 0 amide bonds. The minimum absolute atomic E-state index is 0.220. The number of rotatable bonds is 6. The zero-order chi connectivity index (χ0) is 13.7. The van der Waals surface area contributed by atoms with Gasteiger partial charge in [0.2, 0.25) is 0 Å². The molecule has 4 nitrogen and oxygen atoms in total. The van der Waals surface area contributed by atoms with Gasteiger partial charge in [0.1, 0.15) is 6.10 Å². The topological polar surface area (TPSA) is 47.9 Å². The maximum absolute atomic E-state index is 10.3. The average Bonchev–Trinajstić information content (AvgIpc) is 2.38. The van der Waals surface area contributed by atoms with Crippen molar-refractivity contribution in [2.45, 2.75) is 26.1 Å². The van der Waals surface area contributed by atoms with Gasteiger partial charge >= 0.3 is 0 Å². The number of ether oxygens (including phenoxy) is 3. The normalized spacial score (nSPS) is 14.4. The van der Waals surface area contributed by atoms with Crippen LogP contribution in [0.5, 0.6) is 11.5 Å². The van der Waals surface area contributed by atoms with Crippen molar-refractivity contribution in [3.63, 3.8) is 0 Å². The van der Waals surface area contributed by atoms with E-state index in [4.69, 9.17) is 14.2 Å². The lowest BCUT2D eigenvalue weighted by Gasteiger charge is -2.25. The van der Waals surface area contributed by atoms with Crippen molar-refractivity contribution < 1.29 is 19.3 Å². The summed E-state index contributed by atoms with van der Waals surface area (Å²) in [6, 6.07) is 5.38. The lowest BCUT2D eigenvalue weighted by molar-refractivity contribution is -0.0391. The number of methoxy groups -OCH3 is 3. The maximum atomic E-state index is 10.3. The average molecular weight is 254 g/mol. The van der Waals surface area contributed by atoms with Crippen LogP contribution in [-0.4, -0.2) is 32.5 Å². The molecule has 0 aromatic heterocycles. The Bertz CT molecular complexity index is 376. The Morgan fingerprint density at radius 1 is 1.00 bits per heavy atom. The molecule has 0 aliphatic carbocycles. The Labute approximate surface area is 108 Å². The first-order valence-electron chi connectivity index (χ1n) is 5.97. The van der Waals surface area contributed by atoms with Crippen molar-refractivity contribution in [2.75, 3.05) is 21.3 Å². The van der Waals surface area contributed by atoms with Gasteiger partial charge in [-0.25, -0.2) is 0 Å². The minimum atomic E-state index is -0.685. The molecule has 0 bridgehead atoms. The number of aliphatic hydroxyl groups is 1. The summed E-state index contributed by atoms with van der Waals surface area (Å²) < 4.78 is 15.7. The molecule has 1 aromatic carbocycles. The van der Waals surface area contributed by atoms with E-state index in [9.17, 15) is 5.11 Å². The zero-order valence-electron chi connectivity index (χ0n) is 11.6. The van der Waals surface area contributed by atoms with E-state index in [0.29, 0.717) is 11.5 Å². The van der Waals surface area contributed by atoms with Crippen molar-refractivity contribution in [1.82, 2.24) is 0 Å².